The van der Waals surface area contributed by atoms with Crippen LogP contribution in [-0.4, -0.2) is 26.4 Å². The summed E-state index contributed by atoms with van der Waals surface area (Å²) in [6, 6.07) is 7.21. The van der Waals surface area contributed by atoms with Gasteiger partial charge in [0.2, 0.25) is 0 Å². The molecule has 0 saturated heterocycles. The molecule has 2 aromatic rings. The molecule has 21 heavy (non-hydrogen) atoms. The van der Waals surface area contributed by atoms with E-state index in [4.69, 9.17) is 5.11 Å². The van der Waals surface area contributed by atoms with Crippen LogP contribution in [0.2, 0.25) is 0 Å². The van der Waals surface area contributed by atoms with Gasteiger partial charge in [-0.2, -0.15) is 0 Å². The van der Waals surface area contributed by atoms with Crippen LogP contribution in [0.15, 0.2) is 34.2 Å². The molecule has 1 aliphatic carbocycles. The van der Waals surface area contributed by atoms with Gasteiger partial charge >= 0.3 is 5.97 Å². The van der Waals surface area contributed by atoms with Gasteiger partial charge in [-0.15, -0.1) is 0 Å². The van der Waals surface area contributed by atoms with Crippen LogP contribution in [0.5, 0.6) is 0 Å². The van der Waals surface area contributed by atoms with Gasteiger partial charge in [0.15, 0.2) is 5.16 Å². The molecule has 1 saturated carbocycles. The van der Waals surface area contributed by atoms with Gasteiger partial charge in [-0.1, -0.05) is 23.9 Å². The molecule has 1 aliphatic rings. The minimum absolute atomic E-state index is 0.0734. The second-order valence-electron chi connectivity index (χ2n) is 5.58. The zero-order valence-electron chi connectivity index (χ0n) is 11.7. The predicted octanol–water partition coefficient (Wildman–Crippen LogP) is 2.47. The quantitative estimate of drug-likeness (QED) is 0.694. The third-order valence-electron chi connectivity index (χ3n) is 4.04. The van der Waals surface area contributed by atoms with E-state index in [2.05, 4.69) is 4.98 Å². The highest BCUT2D eigenvalue weighted by atomic mass is 32.2. The highest BCUT2D eigenvalue weighted by Gasteiger charge is 2.37. The fourth-order valence-electron chi connectivity index (χ4n) is 2.72. The number of thioether (sulfide) groups is 1. The molecule has 0 radical (unpaired) electrons. The fraction of sp³-hybridized carbons (Fsp3) is 0.400. The SMILES string of the molecule is CC1(n2c(SCC(=O)O)nc3ccccc3c2=O)CCC1. The normalized spacial score (nSPS) is 16.6. The molecule has 1 aromatic carbocycles. The molecule has 5 nitrogen and oxygen atoms in total. The summed E-state index contributed by atoms with van der Waals surface area (Å²) >= 11 is 1.11. The molecule has 0 amide bonds. The number of fused-ring (bicyclic) bond motifs is 1. The highest BCUT2D eigenvalue weighted by Crippen LogP contribution is 2.40. The van der Waals surface area contributed by atoms with Crippen LogP contribution >= 0.6 is 11.8 Å². The van der Waals surface area contributed by atoms with Crippen LogP contribution in [0.1, 0.15) is 26.2 Å². The number of para-hydroxylation sites is 1. The molecule has 1 fully saturated rings. The maximum atomic E-state index is 12.8. The highest BCUT2D eigenvalue weighted by molar-refractivity contribution is 7.99. The number of aliphatic carboxylic acids is 1. The van der Waals surface area contributed by atoms with Gasteiger partial charge in [0.05, 0.1) is 16.7 Å². The van der Waals surface area contributed by atoms with Gasteiger partial charge < -0.3 is 5.11 Å². The van der Waals surface area contributed by atoms with E-state index in [0.29, 0.717) is 16.1 Å². The van der Waals surface area contributed by atoms with Crippen molar-refractivity contribution in [1.29, 1.82) is 0 Å². The van der Waals surface area contributed by atoms with Crippen molar-refractivity contribution in [3.8, 4) is 0 Å². The standard InChI is InChI=1S/C15H16N2O3S/c1-15(7-4-8-15)17-13(20)10-5-2-3-6-11(10)16-14(17)21-9-12(18)19/h2-3,5-6H,4,7-9H2,1H3,(H,18,19). The number of benzene rings is 1. The van der Waals surface area contributed by atoms with E-state index in [1.807, 2.05) is 19.1 Å². The van der Waals surface area contributed by atoms with Crippen molar-refractivity contribution in [2.24, 2.45) is 0 Å². The summed E-state index contributed by atoms with van der Waals surface area (Å²) in [7, 11) is 0. The minimum atomic E-state index is -0.910. The fourth-order valence-corrected chi connectivity index (χ4v) is 3.57. The number of carboxylic acids is 1. The summed E-state index contributed by atoms with van der Waals surface area (Å²) in [5.74, 6) is -1.01. The zero-order chi connectivity index (χ0) is 15.0. The first kappa shape index (κ1) is 14.1. The van der Waals surface area contributed by atoms with Crippen LogP contribution in [0.3, 0.4) is 0 Å². The van der Waals surface area contributed by atoms with Gasteiger partial charge in [-0.25, -0.2) is 4.98 Å². The maximum Gasteiger partial charge on any atom is 0.313 e. The van der Waals surface area contributed by atoms with Crippen LogP contribution in [0.4, 0.5) is 0 Å². The molecule has 110 valence electrons. The lowest BCUT2D eigenvalue weighted by molar-refractivity contribution is -0.133. The molecule has 0 bridgehead atoms. The molecule has 1 N–H and O–H groups in total. The van der Waals surface area contributed by atoms with Gasteiger partial charge in [0, 0.05) is 5.54 Å². The van der Waals surface area contributed by atoms with E-state index in [9.17, 15) is 9.59 Å². The summed E-state index contributed by atoms with van der Waals surface area (Å²) in [4.78, 5) is 28.1. The Balaban J connectivity index is 2.20. The van der Waals surface area contributed by atoms with Crippen LogP contribution < -0.4 is 5.56 Å². The van der Waals surface area contributed by atoms with Gasteiger partial charge in [0.1, 0.15) is 0 Å². The minimum Gasteiger partial charge on any atom is -0.481 e. The zero-order valence-corrected chi connectivity index (χ0v) is 12.5. The van der Waals surface area contributed by atoms with E-state index in [-0.39, 0.29) is 16.9 Å². The van der Waals surface area contributed by atoms with E-state index in [0.717, 1.165) is 31.0 Å². The van der Waals surface area contributed by atoms with Crippen molar-refractivity contribution in [1.82, 2.24) is 9.55 Å². The molecular formula is C15H16N2O3S. The van der Waals surface area contributed by atoms with E-state index >= 15 is 0 Å². The second kappa shape index (κ2) is 5.18. The Labute approximate surface area is 126 Å². The summed E-state index contributed by atoms with van der Waals surface area (Å²) in [5, 5.41) is 9.98. The van der Waals surface area contributed by atoms with Crippen molar-refractivity contribution in [2.45, 2.75) is 36.9 Å². The van der Waals surface area contributed by atoms with Gasteiger partial charge in [-0.3, -0.25) is 14.2 Å². The van der Waals surface area contributed by atoms with Crippen molar-refractivity contribution < 1.29 is 9.90 Å². The molecule has 3 rings (SSSR count). The molecule has 0 spiro atoms. The number of hydrogen-bond donors (Lipinski definition) is 1. The summed E-state index contributed by atoms with van der Waals surface area (Å²) < 4.78 is 1.70. The Morgan fingerprint density at radius 2 is 2.14 bits per heavy atom. The number of carbonyl (C=O) groups is 1. The Morgan fingerprint density at radius 3 is 2.76 bits per heavy atom. The van der Waals surface area contributed by atoms with Crippen LogP contribution in [-0.2, 0) is 10.3 Å². The molecule has 0 unspecified atom stereocenters. The van der Waals surface area contributed by atoms with Gasteiger partial charge in [-0.05, 0) is 38.3 Å². The predicted molar refractivity (Wildman–Crippen MR) is 81.9 cm³/mol. The number of hydrogen-bond acceptors (Lipinski definition) is 4. The molecule has 6 heteroatoms. The lowest BCUT2D eigenvalue weighted by Crippen LogP contribution is -2.45. The molecule has 0 atom stereocenters. The summed E-state index contributed by atoms with van der Waals surface area (Å²) in [6.07, 6.45) is 2.93. The summed E-state index contributed by atoms with van der Waals surface area (Å²) in [6.45, 7) is 2.04. The van der Waals surface area contributed by atoms with E-state index in [1.165, 1.54) is 0 Å². The first-order valence-electron chi connectivity index (χ1n) is 6.88. The Kier molecular flexibility index (Phi) is 3.49. The molecule has 1 aromatic heterocycles. The molecular weight excluding hydrogens is 288 g/mol. The lowest BCUT2D eigenvalue weighted by Gasteiger charge is -2.41. The van der Waals surface area contributed by atoms with Crippen molar-refractivity contribution in [2.75, 3.05) is 5.75 Å². The van der Waals surface area contributed by atoms with Crippen LogP contribution in [0, 0.1) is 0 Å². The van der Waals surface area contributed by atoms with E-state index < -0.39 is 5.97 Å². The Bertz CT molecular complexity index is 765. The number of rotatable bonds is 4. The summed E-state index contributed by atoms with van der Waals surface area (Å²) in [5.41, 5.74) is 0.305. The maximum absolute atomic E-state index is 12.8. The number of aromatic nitrogens is 2. The Morgan fingerprint density at radius 1 is 1.43 bits per heavy atom. The van der Waals surface area contributed by atoms with Crippen LogP contribution in [0.25, 0.3) is 10.9 Å². The third kappa shape index (κ3) is 2.44. The average molecular weight is 304 g/mol. The smallest absolute Gasteiger partial charge is 0.313 e. The van der Waals surface area contributed by atoms with Crippen molar-refractivity contribution in [3.63, 3.8) is 0 Å². The average Bonchev–Trinajstić information content (AvgIpc) is 2.43. The second-order valence-corrected chi connectivity index (χ2v) is 6.53. The van der Waals surface area contributed by atoms with Crippen molar-refractivity contribution >= 4 is 28.6 Å². The monoisotopic (exact) mass is 304 g/mol. The molecule has 1 heterocycles. The first-order valence-corrected chi connectivity index (χ1v) is 7.87. The molecule has 0 aliphatic heterocycles. The Hall–Kier alpha value is -1.82. The number of carboxylic acid groups (broad SMARTS) is 1. The third-order valence-corrected chi connectivity index (χ3v) is 4.96. The topological polar surface area (TPSA) is 72.2 Å². The van der Waals surface area contributed by atoms with Crippen molar-refractivity contribution in [3.05, 3.63) is 34.6 Å². The van der Waals surface area contributed by atoms with E-state index in [1.54, 1.807) is 16.7 Å². The lowest BCUT2D eigenvalue weighted by atomic mass is 9.78. The first-order chi connectivity index (χ1) is 10.0. The van der Waals surface area contributed by atoms with Gasteiger partial charge in [0.25, 0.3) is 5.56 Å². The number of nitrogens with zero attached hydrogens (tertiary/aromatic N) is 2. The largest absolute Gasteiger partial charge is 0.481 e.